The molecule has 0 unspecified atom stereocenters. The number of carbonyl (C=O) groups is 2. The Morgan fingerprint density at radius 2 is 1.84 bits per heavy atom. The number of hydrogen-bond donors (Lipinski definition) is 1. The van der Waals surface area contributed by atoms with Crippen molar-refractivity contribution < 1.29 is 23.2 Å². The molecule has 0 spiro atoms. The lowest BCUT2D eigenvalue weighted by Gasteiger charge is -2.12. The number of ether oxygens (including phenoxy) is 1. The van der Waals surface area contributed by atoms with Gasteiger partial charge in [-0.15, -0.1) is 0 Å². The van der Waals surface area contributed by atoms with E-state index in [0.29, 0.717) is 16.5 Å². The van der Waals surface area contributed by atoms with E-state index in [9.17, 15) is 14.4 Å². The quantitative estimate of drug-likeness (QED) is 0.376. The van der Waals surface area contributed by atoms with Gasteiger partial charge in [-0.1, -0.05) is 24.3 Å². The van der Waals surface area contributed by atoms with Gasteiger partial charge in [0.1, 0.15) is 12.2 Å². The molecule has 31 heavy (non-hydrogen) atoms. The average Bonchev–Trinajstić information content (AvgIpc) is 3.30. The van der Waals surface area contributed by atoms with Crippen molar-refractivity contribution in [3.63, 3.8) is 0 Å². The van der Waals surface area contributed by atoms with Crippen LogP contribution in [0.2, 0.25) is 0 Å². The molecule has 0 aliphatic heterocycles. The fraction of sp³-hybridized carbons (Fsp3) is 0.125. The van der Waals surface area contributed by atoms with E-state index in [-0.39, 0.29) is 23.6 Å². The largest absolute Gasteiger partial charge is 0.459 e. The molecule has 0 radical (unpaired) electrons. The number of benzene rings is 2. The first-order chi connectivity index (χ1) is 14.9. The van der Waals surface area contributed by atoms with Gasteiger partial charge in [0.25, 0.3) is 5.91 Å². The minimum absolute atomic E-state index is 0.121. The summed E-state index contributed by atoms with van der Waals surface area (Å²) in [5, 5.41) is 3.35. The van der Waals surface area contributed by atoms with Crippen molar-refractivity contribution >= 4 is 28.5 Å². The van der Waals surface area contributed by atoms with Crippen LogP contribution in [0, 0.1) is 13.8 Å². The van der Waals surface area contributed by atoms with E-state index in [0.717, 1.165) is 11.1 Å². The van der Waals surface area contributed by atoms with Crippen molar-refractivity contribution in [2.75, 3.05) is 5.32 Å². The average molecular weight is 417 g/mol. The summed E-state index contributed by atoms with van der Waals surface area (Å²) < 4.78 is 15.9. The van der Waals surface area contributed by atoms with E-state index in [4.69, 9.17) is 13.6 Å². The Morgan fingerprint density at radius 1 is 1.03 bits per heavy atom. The molecule has 4 aromatic rings. The van der Waals surface area contributed by atoms with Gasteiger partial charge in [0, 0.05) is 17.0 Å². The molecule has 7 heteroatoms. The predicted octanol–water partition coefficient (Wildman–Crippen LogP) is 4.61. The van der Waals surface area contributed by atoms with E-state index in [1.807, 2.05) is 26.0 Å². The summed E-state index contributed by atoms with van der Waals surface area (Å²) in [5.74, 6) is -1.00. The first-order valence-electron chi connectivity index (χ1n) is 9.58. The Bertz CT molecular complexity index is 1330. The number of esters is 1. The van der Waals surface area contributed by atoms with Gasteiger partial charge >= 0.3 is 11.6 Å². The minimum Gasteiger partial charge on any atom is -0.459 e. The Labute approximate surface area is 177 Å². The zero-order valence-electron chi connectivity index (χ0n) is 16.9. The number of rotatable bonds is 5. The van der Waals surface area contributed by atoms with E-state index < -0.39 is 17.5 Å². The van der Waals surface area contributed by atoms with Gasteiger partial charge in [-0.25, -0.2) is 9.59 Å². The molecule has 4 rings (SSSR count). The normalized spacial score (nSPS) is 10.8. The molecule has 0 bridgehead atoms. The molecule has 0 saturated heterocycles. The molecule has 7 nitrogen and oxygen atoms in total. The van der Waals surface area contributed by atoms with Crippen LogP contribution in [-0.4, -0.2) is 11.9 Å². The third kappa shape index (κ3) is 4.11. The minimum atomic E-state index is -0.638. The van der Waals surface area contributed by atoms with E-state index in [1.165, 1.54) is 18.4 Å². The molecule has 1 N–H and O–H groups in total. The van der Waals surface area contributed by atoms with Gasteiger partial charge in [0.05, 0.1) is 17.5 Å². The van der Waals surface area contributed by atoms with Gasteiger partial charge in [-0.3, -0.25) is 4.79 Å². The number of furan rings is 1. The second-order valence-electron chi connectivity index (χ2n) is 7.03. The van der Waals surface area contributed by atoms with Gasteiger partial charge in [0.15, 0.2) is 5.76 Å². The first-order valence-corrected chi connectivity index (χ1v) is 9.58. The van der Waals surface area contributed by atoms with E-state index in [1.54, 1.807) is 30.3 Å². The highest BCUT2D eigenvalue weighted by molar-refractivity contribution is 6.06. The number of aryl methyl sites for hydroxylation is 2. The monoisotopic (exact) mass is 417 g/mol. The lowest BCUT2D eigenvalue weighted by molar-refractivity contribution is 0.0475. The highest BCUT2D eigenvalue weighted by atomic mass is 16.5. The van der Waals surface area contributed by atoms with Crippen molar-refractivity contribution in [1.29, 1.82) is 0 Å². The Kier molecular flexibility index (Phi) is 5.41. The molecule has 2 aromatic heterocycles. The zero-order valence-corrected chi connectivity index (χ0v) is 16.9. The smallest absolute Gasteiger partial charge is 0.340 e. The number of amides is 1. The van der Waals surface area contributed by atoms with Crippen molar-refractivity contribution in [2.45, 2.75) is 20.5 Å². The molecule has 0 aliphatic carbocycles. The first kappa shape index (κ1) is 20.2. The van der Waals surface area contributed by atoms with Crippen LogP contribution in [0.3, 0.4) is 0 Å². The SMILES string of the molecule is Cc1ccc2c(COC(=O)c3ccccc3NC(=O)c3ccco3)cc(=O)oc2c1C. The fourth-order valence-corrected chi connectivity index (χ4v) is 3.23. The van der Waals surface area contributed by atoms with Crippen molar-refractivity contribution in [3.8, 4) is 0 Å². The number of anilines is 1. The number of para-hydroxylation sites is 1. The number of fused-ring (bicyclic) bond motifs is 1. The van der Waals surface area contributed by atoms with Crippen LogP contribution >= 0.6 is 0 Å². The molecule has 2 aromatic carbocycles. The maximum atomic E-state index is 12.8. The van der Waals surface area contributed by atoms with E-state index in [2.05, 4.69) is 5.32 Å². The zero-order chi connectivity index (χ0) is 22.0. The van der Waals surface area contributed by atoms with Gasteiger partial charge in [0.2, 0.25) is 0 Å². The molecule has 2 heterocycles. The molecule has 0 atom stereocenters. The van der Waals surface area contributed by atoms with Crippen LogP contribution in [0.1, 0.15) is 37.6 Å². The lowest BCUT2D eigenvalue weighted by atomic mass is 10.0. The Hall–Kier alpha value is -4.13. The topological polar surface area (TPSA) is 98.7 Å². The van der Waals surface area contributed by atoms with Crippen LogP contribution in [0.5, 0.6) is 0 Å². The molecular formula is C24H19NO6. The number of carbonyl (C=O) groups excluding carboxylic acids is 2. The molecule has 0 fully saturated rings. The molecule has 0 aliphatic rings. The second kappa shape index (κ2) is 8.31. The van der Waals surface area contributed by atoms with Crippen LogP contribution in [-0.2, 0) is 11.3 Å². The number of hydrogen-bond acceptors (Lipinski definition) is 6. The van der Waals surface area contributed by atoms with Crippen molar-refractivity contribution in [2.24, 2.45) is 0 Å². The highest BCUT2D eigenvalue weighted by Gasteiger charge is 2.18. The summed E-state index contributed by atoms with van der Waals surface area (Å²) in [7, 11) is 0. The standard InChI is InChI=1S/C24H19NO6/c1-14-9-10-17-16(12-21(26)31-22(17)15(14)2)13-30-24(28)18-6-3-4-7-19(18)25-23(27)20-8-5-11-29-20/h3-12H,13H2,1-2H3,(H,25,27). The van der Waals surface area contributed by atoms with E-state index >= 15 is 0 Å². The van der Waals surface area contributed by atoms with Crippen LogP contribution in [0.15, 0.2) is 74.5 Å². The summed E-state index contributed by atoms with van der Waals surface area (Å²) in [4.78, 5) is 37.0. The van der Waals surface area contributed by atoms with Crippen LogP contribution in [0.4, 0.5) is 5.69 Å². The van der Waals surface area contributed by atoms with Gasteiger partial charge in [-0.2, -0.15) is 0 Å². The van der Waals surface area contributed by atoms with Gasteiger partial charge in [-0.05, 0) is 49.2 Å². The summed E-state index contributed by atoms with van der Waals surface area (Å²) in [5.41, 5.74) is 2.82. The maximum absolute atomic E-state index is 12.8. The summed E-state index contributed by atoms with van der Waals surface area (Å²) >= 11 is 0. The third-order valence-corrected chi connectivity index (χ3v) is 5.02. The molecule has 0 saturated carbocycles. The highest BCUT2D eigenvalue weighted by Crippen LogP contribution is 2.24. The summed E-state index contributed by atoms with van der Waals surface area (Å²) in [6.07, 6.45) is 1.39. The molecule has 156 valence electrons. The third-order valence-electron chi connectivity index (χ3n) is 5.02. The molecule has 1 amide bonds. The Balaban J connectivity index is 1.57. The molecular weight excluding hydrogens is 398 g/mol. The predicted molar refractivity (Wildman–Crippen MR) is 114 cm³/mol. The second-order valence-corrected chi connectivity index (χ2v) is 7.03. The summed E-state index contributed by atoms with van der Waals surface area (Å²) in [6, 6.07) is 14.7. The number of nitrogens with one attached hydrogen (secondary N) is 1. The Morgan fingerprint density at radius 3 is 2.61 bits per heavy atom. The lowest BCUT2D eigenvalue weighted by Crippen LogP contribution is -2.15. The van der Waals surface area contributed by atoms with Crippen molar-refractivity contribution in [1.82, 2.24) is 0 Å². The maximum Gasteiger partial charge on any atom is 0.340 e. The fourth-order valence-electron chi connectivity index (χ4n) is 3.23. The van der Waals surface area contributed by atoms with Crippen LogP contribution < -0.4 is 10.9 Å². The van der Waals surface area contributed by atoms with Crippen molar-refractivity contribution in [3.05, 3.63) is 99.3 Å². The van der Waals surface area contributed by atoms with Gasteiger partial charge < -0.3 is 18.9 Å². The van der Waals surface area contributed by atoms with Crippen LogP contribution in [0.25, 0.3) is 11.0 Å². The summed E-state index contributed by atoms with van der Waals surface area (Å²) in [6.45, 7) is 3.67.